The van der Waals surface area contributed by atoms with Gasteiger partial charge >= 0.3 is 0 Å². The van der Waals surface area contributed by atoms with Gasteiger partial charge in [-0.15, -0.1) is 6.58 Å². The highest BCUT2D eigenvalue weighted by Gasteiger charge is 2.30. The largest absolute Gasteiger partial charge is 0.102 e. The molecule has 1 unspecified atom stereocenters. The van der Waals surface area contributed by atoms with Crippen LogP contribution in [-0.4, -0.2) is 0 Å². The molecule has 0 heteroatoms. The van der Waals surface area contributed by atoms with Gasteiger partial charge in [0.25, 0.3) is 0 Å². The van der Waals surface area contributed by atoms with Crippen LogP contribution in [0.2, 0.25) is 0 Å². The summed E-state index contributed by atoms with van der Waals surface area (Å²) in [5, 5.41) is 0. The van der Waals surface area contributed by atoms with Gasteiger partial charge in [0.1, 0.15) is 0 Å². The highest BCUT2D eigenvalue weighted by Crippen LogP contribution is 2.43. The van der Waals surface area contributed by atoms with Crippen molar-refractivity contribution in [2.75, 3.05) is 0 Å². The molecule has 0 fully saturated rings. The Balaban J connectivity index is 3.04. The lowest BCUT2D eigenvalue weighted by Crippen LogP contribution is -2.24. The molecule has 0 aromatic rings. The summed E-state index contributed by atoms with van der Waals surface area (Å²) in [4.78, 5) is 0. The number of hydrogen-bond acceptors (Lipinski definition) is 0. The van der Waals surface area contributed by atoms with Crippen molar-refractivity contribution in [3.05, 3.63) is 23.8 Å². The molecule has 0 N–H and O–H groups in total. The summed E-state index contributed by atoms with van der Waals surface area (Å²) in [7, 11) is 0. The van der Waals surface area contributed by atoms with Crippen LogP contribution in [0.5, 0.6) is 0 Å². The van der Waals surface area contributed by atoms with Crippen molar-refractivity contribution in [1.82, 2.24) is 0 Å². The molecule has 1 aliphatic carbocycles. The lowest BCUT2D eigenvalue weighted by molar-refractivity contribution is 0.342. The Morgan fingerprint density at radius 3 is 2.54 bits per heavy atom. The minimum Gasteiger partial charge on any atom is -0.102 e. The summed E-state index contributed by atoms with van der Waals surface area (Å²) >= 11 is 0. The van der Waals surface area contributed by atoms with Crippen molar-refractivity contribution in [3.63, 3.8) is 0 Å². The molecule has 0 saturated carbocycles. The third kappa shape index (κ3) is 2.04. The van der Waals surface area contributed by atoms with Crippen molar-refractivity contribution in [1.29, 1.82) is 0 Å². The molecule has 13 heavy (non-hydrogen) atoms. The van der Waals surface area contributed by atoms with E-state index in [2.05, 4.69) is 40.3 Å². The fraction of sp³-hybridized carbons (Fsp3) is 0.692. The standard InChI is InChI=1S/C13H22/c1-6-10(2)12-11(3)8-7-9-13(12,4)5/h6,10H,1,7-9H2,2-5H3. The lowest BCUT2D eigenvalue weighted by Gasteiger charge is -2.37. The van der Waals surface area contributed by atoms with Gasteiger partial charge in [-0.2, -0.15) is 0 Å². The topological polar surface area (TPSA) is 0 Å². The second kappa shape index (κ2) is 3.69. The van der Waals surface area contributed by atoms with E-state index in [1.165, 1.54) is 19.3 Å². The fourth-order valence-electron chi connectivity index (χ4n) is 2.77. The smallest absolute Gasteiger partial charge is 0.00464 e. The van der Waals surface area contributed by atoms with E-state index < -0.39 is 0 Å². The Labute approximate surface area is 82.7 Å². The quantitative estimate of drug-likeness (QED) is 0.552. The first-order valence-electron chi connectivity index (χ1n) is 5.31. The minimum atomic E-state index is 0.399. The van der Waals surface area contributed by atoms with Crippen LogP contribution in [-0.2, 0) is 0 Å². The predicted molar refractivity (Wildman–Crippen MR) is 59.7 cm³/mol. The third-order valence-electron chi connectivity index (χ3n) is 3.35. The van der Waals surface area contributed by atoms with E-state index in [9.17, 15) is 0 Å². The van der Waals surface area contributed by atoms with Gasteiger partial charge in [-0.05, 0) is 37.5 Å². The monoisotopic (exact) mass is 178 g/mol. The first kappa shape index (κ1) is 10.6. The van der Waals surface area contributed by atoms with E-state index in [1.54, 1.807) is 11.1 Å². The minimum absolute atomic E-state index is 0.399. The van der Waals surface area contributed by atoms with Gasteiger partial charge < -0.3 is 0 Å². The Morgan fingerprint density at radius 2 is 2.08 bits per heavy atom. The van der Waals surface area contributed by atoms with Gasteiger partial charge in [0.2, 0.25) is 0 Å². The summed E-state index contributed by atoms with van der Waals surface area (Å²) in [6.07, 6.45) is 6.05. The highest BCUT2D eigenvalue weighted by atomic mass is 14.3. The molecule has 0 heterocycles. The van der Waals surface area contributed by atoms with Crippen LogP contribution in [0, 0.1) is 11.3 Å². The van der Waals surface area contributed by atoms with E-state index in [-0.39, 0.29) is 0 Å². The zero-order valence-corrected chi connectivity index (χ0v) is 9.48. The van der Waals surface area contributed by atoms with E-state index in [0.29, 0.717) is 11.3 Å². The first-order valence-corrected chi connectivity index (χ1v) is 5.31. The van der Waals surface area contributed by atoms with Crippen molar-refractivity contribution in [2.45, 2.75) is 47.0 Å². The molecule has 0 nitrogen and oxygen atoms in total. The van der Waals surface area contributed by atoms with Crippen LogP contribution < -0.4 is 0 Å². The molecular weight excluding hydrogens is 156 g/mol. The average Bonchev–Trinajstić information content (AvgIpc) is 2.02. The molecule has 0 amide bonds. The molecule has 1 aliphatic rings. The van der Waals surface area contributed by atoms with Crippen LogP contribution in [0.3, 0.4) is 0 Å². The van der Waals surface area contributed by atoms with Gasteiger partial charge in [-0.1, -0.05) is 38.0 Å². The van der Waals surface area contributed by atoms with E-state index in [1.807, 2.05) is 0 Å². The van der Waals surface area contributed by atoms with E-state index >= 15 is 0 Å². The second-order valence-corrected chi connectivity index (χ2v) is 4.96. The number of hydrogen-bond donors (Lipinski definition) is 0. The van der Waals surface area contributed by atoms with Gasteiger partial charge in [-0.3, -0.25) is 0 Å². The maximum atomic E-state index is 3.90. The van der Waals surface area contributed by atoms with Gasteiger partial charge in [-0.25, -0.2) is 0 Å². The summed E-state index contributed by atoms with van der Waals surface area (Å²) < 4.78 is 0. The average molecular weight is 178 g/mol. The molecule has 1 rings (SSSR count). The normalized spacial score (nSPS) is 24.3. The molecule has 0 spiro atoms. The Bertz CT molecular complexity index is 230. The van der Waals surface area contributed by atoms with Gasteiger partial charge in [0.15, 0.2) is 0 Å². The van der Waals surface area contributed by atoms with Crippen LogP contribution >= 0.6 is 0 Å². The van der Waals surface area contributed by atoms with E-state index in [0.717, 1.165) is 0 Å². The maximum absolute atomic E-state index is 3.90. The van der Waals surface area contributed by atoms with Crippen LogP contribution in [0.4, 0.5) is 0 Å². The van der Waals surface area contributed by atoms with Gasteiger partial charge in [0.05, 0.1) is 0 Å². The maximum Gasteiger partial charge on any atom is -0.00464 e. The van der Waals surface area contributed by atoms with Gasteiger partial charge in [0, 0.05) is 0 Å². The molecule has 1 atom stereocenters. The molecule has 0 radical (unpaired) electrons. The highest BCUT2D eigenvalue weighted by molar-refractivity contribution is 5.26. The summed E-state index contributed by atoms with van der Waals surface area (Å²) in [5.74, 6) is 0.551. The predicted octanol–water partition coefficient (Wildman–Crippen LogP) is 4.34. The fourth-order valence-corrected chi connectivity index (χ4v) is 2.77. The zero-order chi connectivity index (χ0) is 10.1. The Kier molecular flexibility index (Phi) is 3.00. The lowest BCUT2D eigenvalue weighted by atomic mass is 9.68. The van der Waals surface area contributed by atoms with Crippen molar-refractivity contribution in [3.8, 4) is 0 Å². The summed E-state index contributed by atoms with van der Waals surface area (Å²) in [5.41, 5.74) is 3.63. The summed E-state index contributed by atoms with van der Waals surface area (Å²) in [6.45, 7) is 13.2. The molecular formula is C13H22. The molecule has 0 bridgehead atoms. The van der Waals surface area contributed by atoms with Crippen molar-refractivity contribution < 1.29 is 0 Å². The molecule has 0 aromatic heterocycles. The van der Waals surface area contributed by atoms with E-state index in [4.69, 9.17) is 0 Å². The Morgan fingerprint density at radius 1 is 1.46 bits per heavy atom. The first-order chi connectivity index (χ1) is 5.99. The number of allylic oxidation sites excluding steroid dienone is 3. The second-order valence-electron chi connectivity index (χ2n) is 4.96. The van der Waals surface area contributed by atoms with Crippen LogP contribution in [0.1, 0.15) is 47.0 Å². The Hall–Kier alpha value is -0.520. The molecule has 0 saturated heterocycles. The SMILES string of the molecule is C=CC(C)C1=C(C)CCCC1(C)C. The van der Waals surface area contributed by atoms with Crippen molar-refractivity contribution in [2.24, 2.45) is 11.3 Å². The third-order valence-corrected chi connectivity index (χ3v) is 3.35. The molecule has 74 valence electrons. The zero-order valence-electron chi connectivity index (χ0n) is 9.48. The summed E-state index contributed by atoms with van der Waals surface area (Å²) in [6, 6.07) is 0. The molecule has 0 aromatic carbocycles. The van der Waals surface area contributed by atoms with Crippen LogP contribution in [0.25, 0.3) is 0 Å². The molecule has 0 aliphatic heterocycles. The number of rotatable bonds is 2. The van der Waals surface area contributed by atoms with Crippen molar-refractivity contribution >= 4 is 0 Å². The van der Waals surface area contributed by atoms with Crippen LogP contribution in [0.15, 0.2) is 23.8 Å².